The molecule has 162 valence electrons. The largest absolute Gasteiger partial charge is 0.454 e. The summed E-state index contributed by atoms with van der Waals surface area (Å²) >= 11 is 7.54. The van der Waals surface area contributed by atoms with Crippen LogP contribution in [0.5, 0.6) is 11.5 Å². The van der Waals surface area contributed by atoms with Gasteiger partial charge in [0.2, 0.25) is 6.79 Å². The van der Waals surface area contributed by atoms with Gasteiger partial charge in [-0.15, -0.1) is 11.3 Å². The van der Waals surface area contributed by atoms with E-state index in [4.69, 9.17) is 21.1 Å². The Morgan fingerprint density at radius 3 is 2.58 bits per heavy atom. The third kappa shape index (κ3) is 5.76. The first kappa shape index (κ1) is 21.6. The molecule has 0 fully saturated rings. The highest BCUT2D eigenvalue weighted by Gasteiger charge is 2.17. The Bertz CT molecular complexity index is 1050. The number of nitrogens with zero attached hydrogens (tertiary/aromatic N) is 2. The van der Waals surface area contributed by atoms with Crippen molar-refractivity contribution in [3.63, 3.8) is 0 Å². The van der Waals surface area contributed by atoms with Gasteiger partial charge in [0.15, 0.2) is 11.5 Å². The van der Waals surface area contributed by atoms with Crippen LogP contribution in [0.25, 0.3) is 0 Å². The first-order valence-electron chi connectivity index (χ1n) is 10.1. The Morgan fingerprint density at radius 1 is 1.10 bits per heavy atom. The second-order valence-corrected chi connectivity index (χ2v) is 9.09. The Kier molecular flexibility index (Phi) is 6.75. The fraction of sp³-hybridized carbons (Fsp3) is 0.304. The molecule has 2 aromatic carbocycles. The number of aromatic nitrogens is 1. The zero-order valence-electron chi connectivity index (χ0n) is 17.4. The molecule has 0 saturated heterocycles. The number of hydrogen-bond donors (Lipinski definition) is 1. The monoisotopic (exact) mass is 457 g/mol. The van der Waals surface area contributed by atoms with E-state index >= 15 is 0 Å². The quantitative estimate of drug-likeness (QED) is 0.523. The molecule has 1 aliphatic heterocycles. The summed E-state index contributed by atoms with van der Waals surface area (Å²) in [4.78, 5) is 19.1. The van der Waals surface area contributed by atoms with Gasteiger partial charge in [-0.3, -0.25) is 9.69 Å². The van der Waals surface area contributed by atoms with E-state index in [9.17, 15) is 4.79 Å². The highest BCUT2D eigenvalue weighted by Crippen LogP contribution is 2.33. The summed E-state index contributed by atoms with van der Waals surface area (Å²) in [5.41, 5.74) is 2.73. The van der Waals surface area contributed by atoms with E-state index in [2.05, 4.69) is 15.2 Å². The molecular weight excluding hydrogens is 434 g/mol. The number of amides is 1. The molecule has 0 saturated carbocycles. The zero-order chi connectivity index (χ0) is 21.8. The van der Waals surface area contributed by atoms with Gasteiger partial charge in [-0.2, -0.15) is 0 Å². The molecule has 8 heteroatoms. The Morgan fingerprint density at radius 2 is 1.81 bits per heavy atom. The summed E-state index contributed by atoms with van der Waals surface area (Å²) in [5, 5.41) is 6.31. The number of halogens is 1. The molecule has 0 spiro atoms. The average Bonchev–Trinajstić information content (AvgIpc) is 3.38. The molecule has 3 aromatic rings. The van der Waals surface area contributed by atoms with Crippen molar-refractivity contribution in [1.82, 2.24) is 15.2 Å². The number of ether oxygens (including phenoxy) is 2. The van der Waals surface area contributed by atoms with Crippen molar-refractivity contribution in [2.24, 2.45) is 0 Å². The van der Waals surface area contributed by atoms with Gasteiger partial charge in [-0.1, -0.05) is 29.8 Å². The van der Waals surface area contributed by atoms with Crippen molar-refractivity contribution >= 4 is 28.8 Å². The molecular formula is C23H24ClN3O3S. The van der Waals surface area contributed by atoms with E-state index < -0.39 is 0 Å². The Balaban J connectivity index is 1.51. The molecule has 0 bridgehead atoms. The molecule has 0 atom stereocenters. The van der Waals surface area contributed by atoms with E-state index in [0.717, 1.165) is 34.2 Å². The van der Waals surface area contributed by atoms with Gasteiger partial charge in [0, 0.05) is 29.5 Å². The summed E-state index contributed by atoms with van der Waals surface area (Å²) in [5.74, 6) is 1.40. The number of carbonyl (C=O) groups excluding carboxylic acids is 1. The molecule has 0 aliphatic carbocycles. The first-order valence-corrected chi connectivity index (χ1v) is 11.3. The standard InChI is InChI=1S/C23H24ClN3O3S/c1-15(2)25-23(28)19-13-31-22(26-19)12-27(10-16-3-6-18(24)7-4-16)11-17-5-8-20-21(9-17)30-14-29-20/h3-9,13,15H,10-12,14H2,1-2H3,(H,25,28). The van der Waals surface area contributed by atoms with E-state index in [0.29, 0.717) is 23.8 Å². The third-order valence-electron chi connectivity index (χ3n) is 4.73. The lowest BCUT2D eigenvalue weighted by Gasteiger charge is -2.22. The molecule has 4 rings (SSSR count). The molecule has 1 amide bonds. The van der Waals surface area contributed by atoms with Gasteiger partial charge < -0.3 is 14.8 Å². The number of carbonyl (C=O) groups is 1. The lowest BCUT2D eigenvalue weighted by molar-refractivity contribution is 0.0938. The van der Waals surface area contributed by atoms with Crippen LogP contribution in [-0.4, -0.2) is 28.6 Å². The summed E-state index contributed by atoms with van der Waals surface area (Å²) in [6.45, 7) is 6.17. The summed E-state index contributed by atoms with van der Waals surface area (Å²) in [6, 6.07) is 13.9. The maximum atomic E-state index is 12.3. The van der Waals surface area contributed by atoms with Crippen molar-refractivity contribution in [3.05, 3.63) is 74.7 Å². The normalized spacial score (nSPS) is 12.5. The molecule has 1 aliphatic rings. The number of hydrogen-bond acceptors (Lipinski definition) is 6. The van der Waals surface area contributed by atoms with Crippen LogP contribution in [0.2, 0.25) is 5.02 Å². The summed E-state index contributed by atoms with van der Waals surface area (Å²) < 4.78 is 10.9. The fourth-order valence-corrected chi connectivity index (χ4v) is 4.27. The second kappa shape index (κ2) is 9.68. The van der Waals surface area contributed by atoms with Crippen molar-refractivity contribution in [1.29, 1.82) is 0 Å². The lowest BCUT2D eigenvalue weighted by atomic mass is 10.1. The van der Waals surface area contributed by atoms with Gasteiger partial charge in [0.25, 0.3) is 5.91 Å². The Labute approximate surface area is 190 Å². The highest BCUT2D eigenvalue weighted by molar-refractivity contribution is 7.09. The van der Waals surface area contributed by atoms with Gasteiger partial charge in [0.05, 0.1) is 6.54 Å². The molecule has 0 radical (unpaired) electrons. The van der Waals surface area contributed by atoms with Crippen molar-refractivity contribution in [2.45, 2.75) is 39.5 Å². The van der Waals surface area contributed by atoms with Gasteiger partial charge >= 0.3 is 0 Å². The minimum Gasteiger partial charge on any atom is -0.454 e. The third-order valence-corrected chi connectivity index (χ3v) is 5.81. The summed E-state index contributed by atoms with van der Waals surface area (Å²) in [6.07, 6.45) is 0. The van der Waals surface area contributed by atoms with Crippen LogP contribution in [0.4, 0.5) is 0 Å². The second-order valence-electron chi connectivity index (χ2n) is 7.71. The first-order chi connectivity index (χ1) is 15.0. The topological polar surface area (TPSA) is 63.7 Å². The highest BCUT2D eigenvalue weighted by atomic mass is 35.5. The van der Waals surface area contributed by atoms with Crippen LogP contribution in [0.15, 0.2) is 47.8 Å². The van der Waals surface area contributed by atoms with Crippen LogP contribution in [-0.2, 0) is 19.6 Å². The summed E-state index contributed by atoms with van der Waals surface area (Å²) in [7, 11) is 0. The van der Waals surface area contributed by atoms with Crippen LogP contribution in [0, 0.1) is 0 Å². The molecule has 1 N–H and O–H groups in total. The number of rotatable bonds is 8. The minimum absolute atomic E-state index is 0.0741. The van der Waals surface area contributed by atoms with Crippen molar-refractivity contribution < 1.29 is 14.3 Å². The van der Waals surface area contributed by atoms with Crippen molar-refractivity contribution in [3.8, 4) is 11.5 Å². The number of thiazole rings is 1. The number of fused-ring (bicyclic) bond motifs is 1. The van der Waals surface area contributed by atoms with Crippen molar-refractivity contribution in [2.75, 3.05) is 6.79 Å². The van der Waals surface area contributed by atoms with E-state index in [1.54, 1.807) is 0 Å². The zero-order valence-corrected chi connectivity index (χ0v) is 19.0. The van der Waals surface area contributed by atoms with Crippen LogP contribution in [0.1, 0.15) is 40.5 Å². The van der Waals surface area contributed by atoms with E-state index in [-0.39, 0.29) is 18.7 Å². The minimum atomic E-state index is -0.141. The van der Waals surface area contributed by atoms with Gasteiger partial charge in [-0.05, 0) is 49.2 Å². The van der Waals surface area contributed by atoms with Crippen LogP contribution in [0.3, 0.4) is 0 Å². The molecule has 6 nitrogen and oxygen atoms in total. The molecule has 31 heavy (non-hydrogen) atoms. The molecule has 1 aromatic heterocycles. The number of benzene rings is 2. The predicted molar refractivity (Wildman–Crippen MR) is 122 cm³/mol. The van der Waals surface area contributed by atoms with Crippen LogP contribution < -0.4 is 14.8 Å². The van der Waals surface area contributed by atoms with Gasteiger partial charge in [-0.25, -0.2) is 4.98 Å². The maximum Gasteiger partial charge on any atom is 0.270 e. The van der Waals surface area contributed by atoms with Gasteiger partial charge in [0.1, 0.15) is 10.7 Å². The van der Waals surface area contributed by atoms with E-state index in [1.807, 2.05) is 61.7 Å². The van der Waals surface area contributed by atoms with E-state index in [1.165, 1.54) is 11.3 Å². The lowest BCUT2D eigenvalue weighted by Crippen LogP contribution is -2.30. The fourth-order valence-electron chi connectivity index (χ4n) is 3.33. The predicted octanol–water partition coefficient (Wildman–Crippen LogP) is 4.87. The molecule has 2 heterocycles. The number of nitrogens with one attached hydrogen (secondary N) is 1. The van der Waals surface area contributed by atoms with Crippen LogP contribution >= 0.6 is 22.9 Å². The molecule has 0 unspecified atom stereocenters. The maximum absolute atomic E-state index is 12.3. The average molecular weight is 458 g/mol. The smallest absolute Gasteiger partial charge is 0.270 e. The SMILES string of the molecule is CC(C)NC(=O)c1csc(CN(Cc2ccc(Cl)cc2)Cc2ccc3c(c2)OCO3)n1. The Hall–Kier alpha value is -2.61.